The summed E-state index contributed by atoms with van der Waals surface area (Å²) in [6.07, 6.45) is 2.41. The molecule has 0 spiro atoms. The van der Waals surface area contributed by atoms with E-state index < -0.39 is 24.7 Å². The largest absolute Gasteiger partial charge is 0.420 e. The van der Waals surface area contributed by atoms with Gasteiger partial charge in [0, 0.05) is 19.4 Å². The summed E-state index contributed by atoms with van der Waals surface area (Å²) in [6, 6.07) is 2.18. The summed E-state index contributed by atoms with van der Waals surface area (Å²) < 4.78 is 18.0. The van der Waals surface area contributed by atoms with Crippen LogP contribution in [0, 0.1) is 0 Å². The van der Waals surface area contributed by atoms with Gasteiger partial charge >= 0.3 is 0 Å². The molecule has 1 N–H and O–H groups in total. The normalized spacial score (nSPS) is 14.9. The average molecular weight is 395 g/mol. The van der Waals surface area contributed by atoms with Gasteiger partial charge in [-0.15, -0.1) is 0 Å². The zero-order valence-corrected chi connectivity index (χ0v) is 20.4. The number of aliphatic hydroxyl groups excluding tert-OH is 1. The van der Waals surface area contributed by atoms with Crippen LogP contribution >= 0.6 is 0 Å². The van der Waals surface area contributed by atoms with E-state index in [9.17, 15) is 5.11 Å². The molecule has 0 bridgehead atoms. The Hall–Kier alpha value is 0.491. The number of rotatable bonds is 14. The maximum Gasteiger partial charge on any atom is 0.188 e. The summed E-state index contributed by atoms with van der Waals surface area (Å²) in [5, 5.41) is 9.46. The second-order valence-corrected chi connectivity index (χ2v) is 23.2. The van der Waals surface area contributed by atoms with E-state index in [1.54, 1.807) is 0 Å². The van der Waals surface area contributed by atoms with Crippen molar-refractivity contribution in [3.8, 4) is 0 Å². The van der Waals surface area contributed by atoms with Gasteiger partial charge in [0.2, 0.25) is 0 Å². The highest BCUT2D eigenvalue weighted by atomic mass is 28.4. The van der Waals surface area contributed by atoms with Crippen LogP contribution in [0.1, 0.15) is 19.8 Å². The van der Waals surface area contributed by atoms with Gasteiger partial charge in [0.25, 0.3) is 0 Å². The van der Waals surface area contributed by atoms with Gasteiger partial charge in [-0.1, -0.05) is 26.6 Å². The van der Waals surface area contributed by atoms with E-state index in [2.05, 4.69) is 45.8 Å². The zero-order valence-electron chi connectivity index (χ0n) is 17.4. The molecule has 7 heteroatoms. The summed E-state index contributed by atoms with van der Waals surface area (Å²) in [5.74, 6) is 0. The van der Waals surface area contributed by atoms with Crippen LogP contribution in [0.15, 0.2) is 0 Å². The predicted octanol–water partition coefficient (Wildman–Crippen LogP) is 4.48. The van der Waals surface area contributed by atoms with Crippen molar-refractivity contribution < 1.29 is 18.7 Å². The lowest BCUT2D eigenvalue weighted by Crippen LogP contribution is -2.40. The summed E-state index contributed by atoms with van der Waals surface area (Å²) in [7, 11) is -4.34. The van der Waals surface area contributed by atoms with Gasteiger partial charge in [0.1, 0.15) is 0 Å². The first kappa shape index (κ1) is 24.5. The average Bonchev–Trinajstić information content (AvgIpc) is 2.43. The summed E-state index contributed by atoms with van der Waals surface area (Å²) in [4.78, 5) is 0. The molecular weight excluding hydrogens is 352 g/mol. The van der Waals surface area contributed by atoms with Gasteiger partial charge in [-0.3, -0.25) is 0 Å². The van der Waals surface area contributed by atoms with Gasteiger partial charge in [-0.25, -0.2) is 0 Å². The third kappa shape index (κ3) is 14.8. The standard InChI is InChI=1S/C17H42O4Si3/c1-9-17(18)15-19-11-10-13-23(5,6)20-12-14-24(7,8)21-16-22(2,3)4/h17-18H,9-16H2,1-8H3. The minimum atomic E-state index is -1.62. The molecule has 0 radical (unpaired) electrons. The van der Waals surface area contributed by atoms with Gasteiger partial charge in [0.05, 0.1) is 20.8 Å². The van der Waals surface area contributed by atoms with Gasteiger partial charge in [0.15, 0.2) is 16.6 Å². The first-order chi connectivity index (χ1) is 10.9. The Labute approximate surface area is 153 Å². The van der Waals surface area contributed by atoms with Crippen LogP contribution in [0.3, 0.4) is 0 Å². The molecule has 0 amide bonds. The smallest absolute Gasteiger partial charge is 0.188 e. The van der Waals surface area contributed by atoms with E-state index in [1.165, 1.54) is 0 Å². The Morgan fingerprint density at radius 3 is 1.96 bits per heavy atom. The Morgan fingerprint density at radius 1 is 0.833 bits per heavy atom. The zero-order chi connectivity index (χ0) is 18.9. The Balaban J connectivity index is 3.90. The van der Waals surface area contributed by atoms with E-state index in [-0.39, 0.29) is 6.10 Å². The van der Waals surface area contributed by atoms with E-state index >= 15 is 0 Å². The predicted molar refractivity (Wildman–Crippen MR) is 112 cm³/mol. The Morgan fingerprint density at radius 2 is 1.42 bits per heavy atom. The maximum atomic E-state index is 9.46. The lowest BCUT2D eigenvalue weighted by Gasteiger charge is -2.29. The molecule has 0 aromatic rings. The van der Waals surface area contributed by atoms with E-state index in [0.717, 1.165) is 44.4 Å². The number of aliphatic hydroxyl groups is 1. The molecule has 1 atom stereocenters. The molecule has 24 heavy (non-hydrogen) atoms. The topological polar surface area (TPSA) is 47.9 Å². The molecule has 0 aliphatic carbocycles. The summed E-state index contributed by atoms with van der Waals surface area (Å²) >= 11 is 0. The maximum absolute atomic E-state index is 9.46. The van der Waals surface area contributed by atoms with Crippen LogP contribution < -0.4 is 0 Å². The third-order valence-corrected chi connectivity index (χ3v) is 10.1. The Kier molecular flexibility index (Phi) is 11.5. The van der Waals surface area contributed by atoms with E-state index in [4.69, 9.17) is 13.6 Å². The second-order valence-electron chi connectivity index (χ2n) is 9.21. The molecule has 146 valence electrons. The minimum absolute atomic E-state index is 0.324. The van der Waals surface area contributed by atoms with Crippen molar-refractivity contribution in [3.05, 3.63) is 0 Å². The first-order valence-electron chi connectivity index (χ1n) is 9.41. The lowest BCUT2D eigenvalue weighted by molar-refractivity contribution is 0.0350. The van der Waals surface area contributed by atoms with Crippen LogP contribution in [0.5, 0.6) is 0 Å². The summed E-state index contributed by atoms with van der Waals surface area (Å²) in [6.45, 7) is 20.2. The summed E-state index contributed by atoms with van der Waals surface area (Å²) in [5.41, 5.74) is 0. The molecule has 0 aliphatic rings. The molecule has 0 heterocycles. The molecule has 0 saturated heterocycles. The lowest BCUT2D eigenvalue weighted by atomic mass is 10.3. The second kappa shape index (κ2) is 11.3. The van der Waals surface area contributed by atoms with Crippen molar-refractivity contribution in [1.29, 1.82) is 0 Å². The van der Waals surface area contributed by atoms with Crippen LogP contribution in [0.2, 0.25) is 57.9 Å². The van der Waals surface area contributed by atoms with E-state index in [0.29, 0.717) is 6.61 Å². The molecule has 0 aromatic heterocycles. The fourth-order valence-corrected chi connectivity index (χ4v) is 8.10. The highest BCUT2D eigenvalue weighted by Crippen LogP contribution is 2.18. The monoisotopic (exact) mass is 394 g/mol. The number of hydrogen-bond donors (Lipinski definition) is 1. The van der Waals surface area contributed by atoms with Crippen molar-refractivity contribution in [1.82, 2.24) is 0 Å². The van der Waals surface area contributed by atoms with Crippen molar-refractivity contribution in [2.45, 2.75) is 83.8 Å². The fourth-order valence-electron chi connectivity index (χ4n) is 2.07. The van der Waals surface area contributed by atoms with E-state index in [1.807, 2.05) is 6.92 Å². The molecule has 1 unspecified atom stereocenters. The number of hydrogen-bond acceptors (Lipinski definition) is 4. The highest BCUT2D eigenvalue weighted by molar-refractivity contribution is 6.78. The van der Waals surface area contributed by atoms with Crippen molar-refractivity contribution in [2.24, 2.45) is 0 Å². The number of ether oxygens (including phenoxy) is 1. The molecule has 4 nitrogen and oxygen atoms in total. The molecule has 0 saturated carbocycles. The molecule has 0 aliphatic heterocycles. The van der Waals surface area contributed by atoms with Crippen LogP contribution in [0.4, 0.5) is 0 Å². The van der Waals surface area contributed by atoms with Crippen molar-refractivity contribution >= 4 is 24.7 Å². The molecule has 0 fully saturated rings. The highest BCUT2D eigenvalue weighted by Gasteiger charge is 2.28. The van der Waals surface area contributed by atoms with Crippen molar-refractivity contribution in [3.63, 3.8) is 0 Å². The Bertz CT molecular complexity index is 330. The van der Waals surface area contributed by atoms with Crippen LogP contribution in [0.25, 0.3) is 0 Å². The van der Waals surface area contributed by atoms with Gasteiger partial charge in [-0.05, 0) is 51.1 Å². The minimum Gasteiger partial charge on any atom is -0.420 e. The fraction of sp³-hybridized carbons (Fsp3) is 1.00. The molecular formula is C17H42O4Si3. The van der Waals surface area contributed by atoms with Gasteiger partial charge < -0.3 is 18.7 Å². The van der Waals surface area contributed by atoms with Crippen molar-refractivity contribution in [2.75, 3.05) is 26.1 Å². The van der Waals surface area contributed by atoms with Crippen LogP contribution in [-0.2, 0) is 13.6 Å². The third-order valence-electron chi connectivity index (χ3n) is 3.94. The van der Waals surface area contributed by atoms with Crippen LogP contribution in [-0.4, -0.2) is 62.0 Å². The molecule has 0 rings (SSSR count). The first-order valence-corrected chi connectivity index (χ1v) is 19.3. The molecule has 0 aromatic carbocycles. The van der Waals surface area contributed by atoms with Gasteiger partial charge in [-0.2, -0.15) is 0 Å². The SMILES string of the molecule is CCC(O)COCCC[Si](C)(C)OCC[Si](C)(C)OC[Si](C)(C)C. The quantitative estimate of drug-likeness (QED) is 0.348.